The van der Waals surface area contributed by atoms with Gasteiger partial charge in [0.1, 0.15) is 0 Å². The van der Waals surface area contributed by atoms with Crippen LogP contribution in [-0.4, -0.2) is 36.0 Å². The second-order valence-electron chi connectivity index (χ2n) is 4.89. The van der Waals surface area contributed by atoms with Crippen LogP contribution in [-0.2, 0) is 16.1 Å². The third-order valence-electron chi connectivity index (χ3n) is 3.13. The quantitative estimate of drug-likeness (QED) is 0.844. The Bertz CT molecular complexity index is 533. The minimum absolute atomic E-state index is 0.116. The Kier molecular flexibility index (Phi) is 5.45. The van der Waals surface area contributed by atoms with Gasteiger partial charge in [-0.1, -0.05) is 29.3 Å². The van der Waals surface area contributed by atoms with Gasteiger partial charge < -0.3 is 10.1 Å². The van der Waals surface area contributed by atoms with Crippen LogP contribution >= 0.6 is 23.2 Å². The monoisotopic (exact) mass is 330 g/mol. The molecular weight excluding hydrogens is 315 g/mol. The molecule has 1 saturated heterocycles. The minimum atomic E-state index is -0.369. The average Bonchev–Trinajstić information content (AvgIpc) is 2.38. The molecule has 0 aliphatic carbocycles. The van der Waals surface area contributed by atoms with Gasteiger partial charge in [-0.05, 0) is 24.6 Å². The topological polar surface area (TPSA) is 58.6 Å². The summed E-state index contributed by atoms with van der Waals surface area (Å²) in [6.45, 7) is 2.58. The predicted molar refractivity (Wildman–Crippen MR) is 80.4 cm³/mol. The smallest absolute Gasteiger partial charge is 0.324 e. The van der Waals surface area contributed by atoms with Crippen molar-refractivity contribution in [1.82, 2.24) is 10.2 Å². The standard InChI is InChI=1S/C14H16Cl2N2O3/c1-9-6-13(19)18(14(20)17-9)4-5-21-8-10-2-3-11(15)7-12(10)16/h2-3,7,9H,4-6,8H2,1H3,(H,17,20). The number of hydrogen-bond donors (Lipinski definition) is 1. The van der Waals surface area contributed by atoms with Gasteiger partial charge in [-0.25, -0.2) is 4.79 Å². The van der Waals surface area contributed by atoms with Crippen molar-refractivity contribution < 1.29 is 14.3 Å². The number of carbonyl (C=O) groups excluding carboxylic acids is 2. The SMILES string of the molecule is CC1CC(=O)N(CCOCc2ccc(Cl)cc2Cl)C(=O)N1. The van der Waals surface area contributed by atoms with Crippen molar-refractivity contribution in [3.63, 3.8) is 0 Å². The number of ether oxygens (including phenoxy) is 1. The van der Waals surface area contributed by atoms with Crippen molar-refractivity contribution in [2.45, 2.75) is 26.0 Å². The third kappa shape index (κ3) is 4.33. The summed E-state index contributed by atoms with van der Waals surface area (Å²) in [5, 5.41) is 3.80. The molecule has 1 fully saturated rings. The molecule has 1 N–H and O–H groups in total. The predicted octanol–water partition coefficient (Wildman–Crippen LogP) is 2.84. The van der Waals surface area contributed by atoms with E-state index in [1.54, 1.807) is 25.1 Å². The van der Waals surface area contributed by atoms with Crippen LogP contribution in [0.2, 0.25) is 10.0 Å². The van der Waals surface area contributed by atoms with Crippen LogP contribution in [0.1, 0.15) is 18.9 Å². The Morgan fingerprint density at radius 1 is 1.38 bits per heavy atom. The van der Waals surface area contributed by atoms with Crippen LogP contribution in [0.4, 0.5) is 4.79 Å². The van der Waals surface area contributed by atoms with E-state index in [0.29, 0.717) is 23.1 Å². The maximum atomic E-state index is 11.7. The van der Waals surface area contributed by atoms with Crippen LogP contribution in [0.15, 0.2) is 18.2 Å². The summed E-state index contributed by atoms with van der Waals surface area (Å²) in [5.41, 5.74) is 0.809. The van der Waals surface area contributed by atoms with Gasteiger partial charge >= 0.3 is 6.03 Å². The van der Waals surface area contributed by atoms with Gasteiger partial charge in [0.25, 0.3) is 0 Å². The first-order chi connectivity index (χ1) is 9.97. The van der Waals surface area contributed by atoms with Gasteiger partial charge in [-0.3, -0.25) is 9.69 Å². The Hall–Kier alpha value is -1.30. The van der Waals surface area contributed by atoms with Gasteiger partial charge in [0.2, 0.25) is 5.91 Å². The number of benzene rings is 1. The Balaban J connectivity index is 1.79. The summed E-state index contributed by atoms with van der Waals surface area (Å²) in [6, 6.07) is 4.67. The second kappa shape index (κ2) is 7.11. The first-order valence-electron chi connectivity index (χ1n) is 6.60. The number of nitrogens with zero attached hydrogens (tertiary/aromatic N) is 1. The number of halogens is 2. The normalized spacial score (nSPS) is 18.8. The molecule has 2 rings (SSSR count). The molecule has 1 aromatic rings. The van der Waals surface area contributed by atoms with E-state index in [2.05, 4.69) is 5.32 Å². The number of hydrogen-bond acceptors (Lipinski definition) is 3. The summed E-state index contributed by atoms with van der Waals surface area (Å²) in [4.78, 5) is 24.6. The van der Waals surface area contributed by atoms with E-state index in [-0.39, 0.29) is 31.1 Å². The van der Waals surface area contributed by atoms with E-state index < -0.39 is 0 Å². The highest BCUT2D eigenvalue weighted by Crippen LogP contribution is 2.21. The average molecular weight is 331 g/mol. The molecule has 1 heterocycles. The summed E-state index contributed by atoms with van der Waals surface area (Å²) >= 11 is 11.8. The number of amides is 3. The zero-order valence-electron chi connectivity index (χ0n) is 11.6. The number of carbonyl (C=O) groups is 2. The highest BCUT2D eigenvalue weighted by molar-refractivity contribution is 6.35. The largest absolute Gasteiger partial charge is 0.375 e. The second-order valence-corrected chi connectivity index (χ2v) is 5.73. The van der Waals surface area contributed by atoms with Crippen LogP contribution in [0.25, 0.3) is 0 Å². The molecule has 1 aromatic carbocycles. The first kappa shape index (κ1) is 16.1. The van der Waals surface area contributed by atoms with Crippen molar-refractivity contribution in [2.75, 3.05) is 13.2 Å². The maximum Gasteiger partial charge on any atom is 0.324 e. The van der Waals surface area contributed by atoms with Crippen LogP contribution in [0.3, 0.4) is 0 Å². The molecule has 1 aliphatic rings. The fourth-order valence-electron chi connectivity index (χ4n) is 2.03. The molecule has 0 aromatic heterocycles. The summed E-state index contributed by atoms with van der Waals surface area (Å²) in [7, 11) is 0. The number of rotatable bonds is 5. The first-order valence-corrected chi connectivity index (χ1v) is 7.35. The van der Waals surface area contributed by atoms with Crippen molar-refractivity contribution in [1.29, 1.82) is 0 Å². The van der Waals surface area contributed by atoms with Gasteiger partial charge in [0.05, 0.1) is 19.8 Å². The highest BCUT2D eigenvalue weighted by Gasteiger charge is 2.29. The lowest BCUT2D eigenvalue weighted by Gasteiger charge is -2.29. The number of imide groups is 1. The molecule has 1 aliphatic heterocycles. The van der Waals surface area contributed by atoms with Crippen molar-refractivity contribution in [3.05, 3.63) is 33.8 Å². The lowest BCUT2D eigenvalue weighted by atomic mass is 10.2. The Morgan fingerprint density at radius 2 is 2.14 bits per heavy atom. The Morgan fingerprint density at radius 3 is 2.81 bits per heavy atom. The zero-order valence-corrected chi connectivity index (χ0v) is 13.1. The van der Waals surface area contributed by atoms with E-state index >= 15 is 0 Å². The van der Waals surface area contributed by atoms with E-state index in [1.807, 2.05) is 0 Å². The molecule has 3 amide bonds. The molecule has 0 spiro atoms. The van der Waals surface area contributed by atoms with Gasteiger partial charge in [0, 0.05) is 22.5 Å². The van der Waals surface area contributed by atoms with Crippen LogP contribution < -0.4 is 5.32 Å². The molecule has 5 nitrogen and oxygen atoms in total. The highest BCUT2D eigenvalue weighted by atomic mass is 35.5. The summed E-state index contributed by atoms with van der Waals surface area (Å²) in [5.74, 6) is -0.181. The summed E-state index contributed by atoms with van der Waals surface area (Å²) < 4.78 is 5.47. The van der Waals surface area contributed by atoms with Crippen molar-refractivity contribution >= 4 is 35.1 Å². The van der Waals surface area contributed by atoms with E-state index in [4.69, 9.17) is 27.9 Å². The molecule has 0 bridgehead atoms. The molecule has 7 heteroatoms. The lowest BCUT2D eigenvalue weighted by molar-refractivity contribution is -0.130. The van der Waals surface area contributed by atoms with Gasteiger partial charge in [-0.15, -0.1) is 0 Å². The number of nitrogens with one attached hydrogen (secondary N) is 1. The van der Waals surface area contributed by atoms with E-state index in [1.165, 1.54) is 4.90 Å². The fourth-order valence-corrected chi connectivity index (χ4v) is 2.49. The molecule has 0 saturated carbocycles. The zero-order chi connectivity index (χ0) is 15.4. The lowest BCUT2D eigenvalue weighted by Crippen LogP contribution is -2.54. The van der Waals surface area contributed by atoms with Crippen molar-refractivity contribution in [3.8, 4) is 0 Å². The molecule has 114 valence electrons. The molecule has 1 unspecified atom stereocenters. The maximum absolute atomic E-state index is 11.7. The summed E-state index contributed by atoms with van der Waals surface area (Å²) in [6.07, 6.45) is 0.314. The molecule has 0 radical (unpaired) electrons. The van der Waals surface area contributed by atoms with Crippen LogP contribution in [0.5, 0.6) is 0 Å². The molecular formula is C14H16Cl2N2O3. The number of urea groups is 1. The van der Waals surface area contributed by atoms with E-state index in [0.717, 1.165) is 5.56 Å². The third-order valence-corrected chi connectivity index (χ3v) is 3.72. The van der Waals surface area contributed by atoms with Gasteiger partial charge in [-0.2, -0.15) is 0 Å². The fraction of sp³-hybridized carbons (Fsp3) is 0.429. The Labute approximate surface area is 133 Å². The van der Waals surface area contributed by atoms with Crippen molar-refractivity contribution in [2.24, 2.45) is 0 Å². The molecule has 21 heavy (non-hydrogen) atoms. The minimum Gasteiger partial charge on any atom is -0.375 e. The van der Waals surface area contributed by atoms with Crippen LogP contribution in [0, 0.1) is 0 Å². The van der Waals surface area contributed by atoms with E-state index in [9.17, 15) is 9.59 Å². The molecule has 1 atom stereocenters. The van der Waals surface area contributed by atoms with Gasteiger partial charge in [0.15, 0.2) is 0 Å².